The van der Waals surface area contributed by atoms with Crippen LogP contribution in [-0.4, -0.2) is 37.1 Å². The lowest BCUT2D eigenvalue weighted by atomic mass is 10.0. The molecular weight excluding hydrogens is 450 g/mol. The molecule has 2 N–H and O–H groups in total. The van der Waals surface area contributed by atoms with Crippen molar-refractivity contribution in [2.75, 3.05) is 31.0 Å². The number of thiazole rings is 1. The molecule has 2 amide bonds. The van der Waals surface area contributed by atoms with Crippen LogP contribution in [0.2, 0.25) is 0 Å². The zero-order chi connectivity index (χ0) is 24.2. The van der Waals surface area contributed by atoms with E-state index in [1.165, 1.54) is 11.3 Å². The second-order valence-electron chi connectivity index (χ2n) is 7.85. The summed E-state index contributed by atoms with van der Waals surface area (Å²) in [4.78, 5) is 28.8. The molecule has 2 aromatic carbocycles. The van der Waals surface area contributed by atoms with Crippen LogP contribution in [0.25, 0.3) is 0 Å². The van der Waals surface area contributed by atoms with Crippen molar-refractivity contribution in [3.05, 3.63) is 70.7 Å². The summed E-state index contributed by atoms with van der Waals surface area (Å²) in [6.45, 7) is 3.10. The highest BCUT2D eigenvalue weighted by molar-refractivity contribution is 7.13. The van der Waals surface area contributed by atoms with Gasteiger partial charge >= 0.3 is 0 Å². The average Bonchev–Trinajstić information content (AvgIpc) is 3.34. The summed E-state index contributed by atoms with van der Waals surface area (Å²) in [5.41, 5.74) is 3.42. The number of hydrogen-bond acceptors (Lipinski definition) is 6. The van der Waals surface area contributed by atoms with Crippen molar-refractivity contribution in [2.45, 2.75) is 39.0 Å². The summed E-state index contributed by atoms with van der Waals surface area (Å²) in [5, 5.41) is 8.14. The largest absolute Gasteiger partial charge is 0.493 e. The predicted molar refractivity (Wildman–Crippen MR) is 136 cm³/mol. The van der Waals surface area contributed by atoms with Crippen LogP contribution < -0.4 is 15.4 Å². The average molecular weight is 482 g/mol. The van der Waals surface area contributed by atoms with E-state index >= 15 is 0 Å². The first-order valence-electron chi connectivity index (χ1n) is 11.4. The molecule has 0 bridgehead atoms. The van der Waals surface area contributed by atoms with Crippen LogP contribution in [0.1, 0.15) is 47.7 Å². The highest BCUT2D eigenvalue weighted by Gasteiger charge is 2.12. The van der Waals surface area contributed by atoms with Gasteiger partial charge in [0.25, 0.3) is 5.91 Å². The number of nitrogens with one attached hydrogen (secondary N) is 2. The number of aromatic nitrogens is 1. The number of ether oxygens (including phenoxy) is 2. The normalized spacial score (nSPS) is 10.6. The van der Waals surface area contributed by atoms with E-state index in [1.807, 2.05) is 48.7 Å². The lowest BCUT2D eigenvalue weighted by Gasteiger charge is -2.12. The van der Waals surface area contributed by atoms with Gasteiger partial charge < -0.3 is 14.8 Å². The van der Waals surface area contributed by atoms with E-state index in [-0.39, 0.29) is 11.8 Å². The Labute approximate surface area is 204 Å². The number of methoxy groups -OCH3 is 1. The molecule has 0 saturated heterocycles. The van der Waals surface area contributed by atoms with Gasteiger partial charge in [-0.25, -0.2) is 4.98 Å². The van der Waals surface area contributed by atoms with Gasteiger partial charge in [-0.15, -0.1) is 11.3 Å². The second kappa shape index (κ2) is 13.5. The van der Waals surface area contributed by atoms with E-state index in [0.717, 1.165) is 42.5 Å². The molecule has 3 rings (SSSR count). The van der Waals surface area contributed by atoms with Gasteiger partial charge in [-0.3, -0.25) is 14.9 Å². The van der Waals surface area contributed by atoms with Crippen LogP contribution in [-0.2, 0) is 22.4 Å². The highest BCUT2D eigenvalue weighted by Crippen LogP contribution is 2.22. The molecule has 180 valence electrons. The zero-order valence-corrected chi connectivity index (χ0v) is 20.5. The number of anilines is 2. The fraction of sp³-hybridized carbons (Fsp3) is 0.346. The Kier molecular flexibility index (Phi) is 10.1. The summed E-state index contributed by atoms with van der Waals surface area (Å²) in [6.07, 6.45) is 5.22. The molecule has 0 radical (unpaired) electrons. The van der Waals surface area contributed by atoms with Crippen molar-refractivity contribution in [1.29, 1.82) is 0 Å². The van der Waals surface area contributed by atoms with E-state index in [4.69, 9.17) is 9.47 Å². The van der Waals surface area contributed by atoms with Crippen molar-refractivity contribution in [3.63, 3.8) is 0 Å². The van der Waals surface area contributed by atoms with Gasteiger partial charge in [-0.1, -0.05) is 19.1 Å². The number of carbonyl (C=O) groups is 2. The molecule has 0 spiro atoms. The van der Waals surface area contributed by atoms with E-state index < -0.39 is 0 Å². The fourth-order valence-corrected chi connectivity index (χ4v) is 3.94. The molecule has 34 heavy (non-hydrogen) atoms. The molecule has 7 nitrogen and oxygen atoms in total. The summed E-state index contributed by atoms with van der Waals surface area (Å²) in [7, 11) is 1.66. The van der Waals surface area contributed by atoms with Gasteiger partial charge in [0.1, 0.15) is 5.75 Å². The quantitative estimate of drug-likeness (QED) is 0.322. The van der Waals surface area contributed by atoms with Crippen LogP contribution >= 0.6 is 11.3 Å². The molecule has 8 heteroatoms. The van der Waals surface area contributed by atoms with E-state index in [2.05, 4.69) is 15.6 Å². The first kappa shape index (κ1) is 25.4. The van der Waals surface area contributed by atoms with Crippen LogP contribution in [0, 0.1) is 0 Å². The second-order valence-corrected chi connectivity index (χ2v) is 8.74. The number of amides is 2. The van der Waals surface area contributed by atoms with Crippen LogP contribution in [0.3, 0.4) is 0 Å². The third-order valence-electron chi connectivity index (χ3n) is 5.03. The predicted octanol–water partition coefficient (Wildman–Crippen LogP) is 5.33. The smallest absolute Gasteiger partial charge is 0.257 e. The zero-order valence-electron chi connectivity index (χ0n) is 19.6. The monoisotopic (exact) mass is 481 g/mol. The molecule has 0 unspecified atom stereocenters. The summed E-state index contributed by atoms with van der Waals surface area (Å²) >= 11 is 1.37. The van der Waals surface area contributed by atoms with Crippen molar-refractivity contribution in [1.82, 2.24) is 4.98 Å². The van der Waals surface area contributed by atoms with E-state index in [0.29, 0.717) is 36.1 Å². The number of nitrogens with zero attached hydrogens (tertiary/aromatic N) is 1. The molecule has 0 atom stereocenters. The minimum absolute atomic E-state index is 0.0221. The van der Waals surface area contributed by atoms with Gasteiger partial charge in [-0.05, 0) is 60.7 Å². The SMILES string of the molecule is CCCC(=O)Nc1cccc(CCc2cc(OCCCOC)cc(C(=O)Nc3nccs3)c2)c1. The van der Waals surface area contributed by atoms with Crippen LogP contribution in [0.5, 0.6) is 5.75 Å². The third-order valence-corrected chi connectivity index (χ3v) is 5.72. The molecule has 0 fully saturated rings. The van der Waals surface area contributed by atoms with Gasteiger partial charge in [-0.2, -0.15) is 0 Å². The molecular formula is C26H31N3O4S. The lowest BCUT2D eigenvalue weighted by Crippen LogP contribution is -2.13. The highest BCUT2D eigenvalue weighted by atomic mass is 32.1. The number of aryl methyl sites for hydroxylation is 2. The van der Waals surface area contributed by atoms with Gasteiger partial charge in [0.05, 0.1) is 6.61 Å². The summed E-state index contributed by atoms with van der Waals surface area (Å²) in [5.74, 6) is 0.450. The van der Waals surface area contributed by atoms with Crippen LogP contribution in [0.4, 0.5) is 10.8 Å². The molecule has 0 aliphatic rings. The number of benzene rings is 2. The van der Waals surface area contributed by atoms with Crippen LogP contribution in [0.15, 0.2) is 54.0 Å². The molecule has 0 aliphatic carbocycles. The van der Waals surface area contributed by atoms with Crippen molar-refractivity contribution < 1.29 is 19.1 Å². The Bertz CT molecular complexity index is 1070. The molecule has 0 saturated carbocycles. The van der Waals surface area contributed by atoms with Crippen molar-refractivity contribution >= 4 is 34.0 Å². The lowest BCUT2D eigenvalue weighted by molar-refractivity contribution is -0.116. The maximum absolute atomic E-state index is 12.8. The standard InChI is InChI=1S/C26H31N3O4S/c1-3-6-24(30)28-22-8-4-7-19(16-22)9-10-20-15-21(25(31)29-26-27-11-14-34-26)18-23(17-20)33-13-5-12-32-2/h4,7-8,11,14-18H,3,5-6,9-10,12-13H2,1-2H3,(H,28,30)(H,27,29,31). The minimum atomic E-state index is -0.223. The molecule has 0 aliphatic heterocycles. The topological polar surface area (TPSA) is 89.5 Å². The maximum Gasteiger partial charge on any atom is 0.257 e. The summed E-state index contributed by atoms with van der Waals surface area (Å²) < 4.78 is 11.0. The molecule has 1 heterocycles. The van der Waals surface area contributed by atoms with Crippen molar-refractivity contribution in [2.24, 2.45) is 0 Å². The third kappa shape index (κ3) is 8.28. The maximum atomic E-state index is 12.8. The van der Waals surface area contributed by atoms with Crippen molar-refractivity contribution in [3.8, 4) is 5.75 Å². The number of carbonyl (C=O) groups excluding carboxylic acids is 2. The molecule has 3 aromatic rings. The fourth-order valence-electron chi connectivity index (χ4n) is 3.41. The summed E-state index contributed by atoms with van der Waals surface area (Å²) in [6, 6.07) is 13.5. The van der Waals surface area contributed by atoms with E-state index in [9.17, 15) is 9.59 Å². The van der Waals surface area contributed by atoms with Gasteiger partial charge in [0, 0.05) is 49.4 Å². The Morgan fingerprint density at radius 2 is 1.88 bits per heavy atom. The number of hydrogen-bond donors (Lipinski definition) is 2. The van der Waals surface area contributed by atoms with Gasteiger partial charge in [0.15, 0.2) is 5.13 Å². The van der Waals surface area contributed by atoms with E-state index in [1.54, 1.807) is 19.4 Å². The molecule has 1 aromatic heterocycles. The minimum Gasteiger partial charge on any atom is -0.493 e. The Morgan fingerprint density at radius 3 is 2.65 bits per heavy atom. The Morgan fingerprint density at radius 1 is 1.03 bits per heavy atom. The first-order chi connectivity index (χ1) is 16.6. The van der Waals surface area contributed by atoms with Gasteiger partial charge in [0.2, 0.25) is 5.91 Å². The Hall–Kier alpha value is -3.23. The Balaban J connectivity index is 1.71. The first-order valence-corrected chi connectivity index (χ1v) is 12.3. The number of rotatable bonds is 13.